The first kappa shape index (κ1) is 36.7. The second-order valence-electron chi connectivity index (χ2n) is 10.8. The second-order valence-corrected chi connectivity index (χ2v) is 12.7. The molecule has 15 heteroatoms. The molecule has 3 amide bonds. The van der Waals surface area contributed by atoms with E-state index in [1.807, 2.05) is 0 Å². The topological polar surface area (TPSA) is 219 Å². The molecule has 0 heterocycles. The molecule has 2 atom stereocenters. The van der Waals surface area contributed by atoms with Crippen molar-refractivity contribution in [3.05, 3.63) is 132 Å². The number of benzene rings is 4. The third-order valence-electron chi connectivity index (χ3n) is 6.99. The Hall–Kier alpha value is -6.14. The predicted octanol–water partition coefficient (Wildman–Crippen LogP) is 4.71. The summed E-state index contributed by atoms with van der Waals surface area (Å²) >= 11 is 0. The van der Waals surface area contributed by atoms with Crippen LogP contribution in [0, 0.1) is 5.41 Å². The number of hydrogen-bond acceptors (Lipinski definition) is 9. The number of carboxylic acid groups (broad SMARTS) is 1. The maximum absolute atomic E-state index is 14.8. The number of carbonyl (C=O) groups is 4. The Morgan fingerprint density at radius 3 is 1.84 bits per heavy atom. The highest BCUT2D eigenvalue weighted by Gasteiger charge is 2.42. The van der Waals surface area contributed by atoms with Crippen LogP contribution in [0.25, 0.3) is 0 Å². The summed E-state index contributed by atoms with van der Waals surface area (Å²) in [4.78, 5) is 50.2. The van der Waals surface area contributed by atoms with Gasteiger partial charge in [0.25, 0.3) is 0 Å². The Balaban J connectivity index is 1.53. The molecule has 1 unspecified atom stereocenters. The lowest BCUT2D eigenvalue weighted by molar-refractivity contribution is -0.137. The van der Waals surface area contributed by atoms with Crippen LogP contribution in [0.2, 0.25) is 0 Å². The van der Waals surface area contributed by atoms with Crippen LogP contribution in [-0.2, 0) is 30.3 Å². The maximum Gasteiger partial charge on any atom is 0.457 e. The molecule has 0 fully saturated rings. The Morgan fingerprint density at radius 1 is 0.780 bits per heavy atom. The smallest absolute Gasteiger partial charge is 0.457 e. The van der Waals surface area contributed by atoms with Crippen molar-refractivity contribution in [2.45, 2.75) is 31.3 Å². The van der Waals surface area contributed by atoms with Gasteiger partial charge in [0, 0.05) is 12.0 Å². The van der Waals surface area contributed by atoms with Crippen molar-refractivity contribution in [3.8, 4) is 11.5 Å². The van der Waals surface area contributed by atoms with E-state index in [0.717, 1.165) is 0 Å². The van der Waals surface area contributed by atoms with Crippen LogP contribution in [0.3, 0.4) is 0 Å². The summed E-state index contributed by atoms with van der Waals surface area (Å²) in [5.41, 5.74) is 6.95. The van der Waals surface area contributed by atoms with Gasteiger partial charge >= 0.3 is 19.7 Å². The molecule has 0 radical (unpaired) electrons. The van der Waals surface area contributed by atoms with E-state index in [2.05, 4.69) is 16.0 Å². The van der Waals surface area contributed by atoms with Crippen LogP contribution in [0.15, 0.2) is 115 Å². The number of amides is 3. The summed E-state index contributed by atoms with van der Waals surface area (Å²) in [7, 11) is -4.40. The van der Waals surface area contributed by atoms with Crippen molar-refractivity contribution in [2.75, 3.05) is 6.54 Å². The van der Waals surface area contributed by atoms with Crippen molar-refractivity contribution >= 4 is 37.3 Å². The first-order chi connectivity index (χ1) is 24.0. The van der Waals surface area contributed by atoms with Crippen molar-refractivity contribution in [1.82, 2.24) is 16.0 Å². The number of alkyl carbamates (subject to hydrolysis) is 1. The highest BCUT2D eigenvalue weighted by Crippen LogP contribution is 2.59. The summed E-state index contributed by atoms with van der Waals surface area (Å²) in [6.45, 7) is -0.755. The Morgan fingerprint density at radius 2 is 1.32 bits per heavy atom. The third kappa shape index (κ3) is 11.2. The third-order valence-corrected chi connectivity index (χ3v) is 8.98. The minimum atomic E-state index is -4.40. The largest absolute Gasteiger partial charge is 0.481 e. The first-order valence-electron chi connectivity index (χ1n) is 15.3. The number of nitrogen functional groups attached to an aromatic ring is 1. The number of hydrogen-bond donors (Lipinski definition) is 6. The molecule has 0 saturated carbocycles. The lowest BCUT2D eigenvalue weighted by Crippen LogP contribution is -2.49. The Labute approximate surface area is 288 Å². The van der Waals surface area contributed by atoms with Crippen LogP contribution < -0.4 is 30.7 Å². The zero-order chi connectivity index (χ0) is 35.9. The lowest BCUT2D eigenvalue weighted by Gasteiger charge is -2.28. The van der Waals surface area contributed by atoms with Gasteiger partial charge in [-0.3, -0.25) is 19.8 Å². The summed E-state index contributed by atoms with van der Waals surface area (Å²) in [6.07, 6.45) is -1.72. The fourth-order valence-corrected chi connectivity index (χ4v) is 6.43. The summed E-state index contributed by atoms with van der Waals surface area (Å²) in [6, 6.07) is 29.8. The number of para-hydroxylation sites is 2. The molecule has 0 saturated heterocycles. The van der Waals surface area contributed by atoms with E-state index >= 15 is 0 Å². The van der Waals surface area contributed by atoms with Gasteiger partial charge in [-0.15, -0.1) is 0 Å². The van der Waals surface area contributed by atoms with Gasteiger partial charge in [0.2, 0.25) is 11.8 Å². The summed E-state index contributed by atoms with van der Waals surface area (Å²) in [5.74, 6) is -4.16. The van der Waals surface area contributed by atoms with E-state index < -0.39 is 56.3 Å². The van der Waals surface area contributed by atoms with Gasteiger partial charge in [0.05, 0.1) is 6.54 Å². The minimum absolute atomic E-state index is 0.0900. The van der Waals surface area contributed by atoms with E-state index in [1.54, 1.807) is 91.0 Å². The summed E-state index contributed by atoms with van der Waals surface area (Å²) in [5, 5.41) is 24.3. The van der Waals surface area contributed by atoms with Gasteiger partial charge < -0.3 is 40.6 Å². The molecule has 14 nitrogen and oxygen atoms in total. The monoisotopic (exact) mass is 701 g/mol. The number of nitrogens with two attached hydrogens (primary N) is 1. The molecule has 4 rings (SSSR count). The summed E-state index contributed by atoms with van der Waals surface area (Å²) < 4.78 is 31.9. The number of ether oxygens (including phenoxy) is 1. The average molecular weight is 702 g/mol. The van der Waals surface area contributed by atoms with Crippen LogP contribution in [0.4, 0.5) is 4.79 Å². The lowest BCUT2D eigenvalue weighted by atomic mass is 10.1. The molecule has 0 aliphatic rings. The number of carboxylic acids is 1. The zero-order valence-corrected chi connectivity index (χ0v) is 27.6. The van der Waals surface area contributed by atoms with E-state index in [4.69, 9.17) is 24.9 Å². The highest BCUT2D eigenvalue weighted by molar-refractivity contribution is 7.55. The normalized spacial score (nSPS) is 12.0. The fraction of sp³-hybridized carbons (Fsp3) is 0.171. The minimum Gasteiger partial charge on any atom is -0.481 e. The molecule has 260 valence electrons. The van der Waals surface area contributed by atoms with E-state index in [-0.39, 0.29) is 35.9 Å². The van der Waals surface area contributed by atoms with E-state index in [0.29, 0.717) is 11.1 Å². The molecule has 50 heavy (non-hydrogen) atoms. The number of rotatable bonds is 17. The van der Waals surface area contributed by atoms with Gasteiger partial charge in [-0.05, 0) is 41.8 Å². The van der Waals surface area contributed by atoms with Gasteiger partial charge in [-0.25, -0.2) is 9.36 Å². The predicted molar refractivity (Wildman–Crippen MR) is 184 cm³/mol. The molecule has 7 N–H and O–H groups in total. The average Bonchev–Trinajstić information content (AvgIpc) is 3.11. The number of carbonyl (C=O) groups excluding carboxylic acids is 3. The van der Waals surface area contributed by atoms with E-state index in [9.17, 15) is 28.8 Å². The van der Waals surface area contributed by atoms with Crippen molar-refractivity contribution in [3.63, 3.8) is 0 Å². The number of aliphatic carboxylic acids is 1. The highest BCUT2D eigenvalue weighted by atomic mass is 31.2. The maximum atomic E-state index is 14.8. The Kier molecular flexibility index (Phi) is 13.1. The van der Waals surface area contributed by atoms with Crippen LogP contribution in [0.5, 0.6) is 11.5 Å². The van der Waals surface area contributed by atoms with Gasteiger partial charge in [0.1, 0.15) is 30.0 Å². The van der Waals surface area contributed by atoms with Gasteiger partial charge in [-0.1, -0.05) is 91.0 Å². The quantitative estimate of drug-likeness (QED) is 0.0506. The molecule has 0 aliphatic heterocycles. The molecular weight excluding hydrogens is 665 g/mol. The molecule has 4 aromatic carbocycles. The molecule has 0 aliphatic carbocycles. The van der Waals surface area contributed by atoms with Gasteiger partial charge in [-0.2, -0.15) is 0 Å². The number of nitrogens with one attached hydrogen (secondary N) is 4. The SMILES string of the molecule is N=C(N)c1ccc(C(NC(=O)CNC(=O)[C@H](CCC(=O)O)NC(=O)OCc2ccccc2)P(=O)(Oc2ccccc2)Oc2ccccc2)cc1. The van der Waals surface area contributed by atoms with Crippen LogP contribution in [0.1, 0.15) is 35.3 Å². The van der Waals surface area contributed by atoms with Crippen molar-refractivity contribution in [1.29, 1.82) is 5.41 Å². The molecule has 0 spiro atoms. The van der Waals surface area contributed by atoms with Crippen LogP contribution in [-0.4, -0.2) is 47.4 Å². The standard InChI is InChI=1S/C35H36N5O9P/c36-32(37)25-16-18-26(19-17-25)34(50(46,48-27-12-6-2-7-13-27)49-28-14-8-3-9-15-28)40-30(41)22-38-33(44)29(20-21-31(42)43)39-35(45)47-23-24-10-4-1-5-11-24/h1-19,29,34H,20-23H2,(H3,36,37)(H,38,44)(H,39,45)(H,40,41)(H,42,43)/t29-,34?/m0/s1. The van der Waals surface area contributed by atoms with Gasteiger partial charge in [0.15, 0.2) is 5.78 Å². The van der Waals surface area contributed by atoms with Crippen molar-refractivity contribution < 1.29 is 42.6 Å². The molecular formula is C35H36N5O9P. The molecule has 0 aromatic heterocycles. The first-order valence-corrected chi connectivity index (χ1v) is 16.9. The molecule has 4 aromatic rings. The second kappa shape index (κ2) is 17.9. The van der Waals surface area contributed by atoms with Crippen LogP contribution >= 0.6 is 7.60 Å². The molecule has 0 bridgehead atoms. The Bertz CT molecular complexity index is 1770. The van der Waals surface area contributed by atoms with E-state index in [1.165, 1.54) is 24.3 Å². The fourth-order valence-electron chi connectivity index (χ4n) is 4.51. The number of amidine groups is 1. The van der Waals surface area contributed by atoms with Crippen molar-refractivity contribution in [2.24, 2.45) is 5.73 Å². The zero-order valence-electron chi connectivity index (χ0n) is 26.7.